The van der Waals surface area contributed by atoms with Gasteiger partial charge in [0.05, 0.1) is 21.8 Å². The van der Waals surface area contributed by atoms with Crippen LogP contribution in [0.2, 0.25) is 10.0 Å². The maximum absolute atomic E-state index is 6.02. The first-order chi connectivity index (χ1) is 8.24. The first-order valence-corrected chi connectivity index (χ1v) is 6.52. The number of nitrogens with one attached hydrogen (secondary N) is 1. The average Bonchev–Trinajstić information content (AvgIpc) is 2.25. The summed E-state index contributed by atoms with van der Waals surface area (Å²) < 4.78 is 5.46. The van der Waals surface area contributed by atoms with Crippen molar-refractivity contribution in [2.45, 2.75) is 32.4 Å². The van der Waals surface area contributed by atoms with Crippen LogP contribution in [0.1, 0.15) is 32.4 Å². The van der Waals surface area contributed by atoms with E-state index in [-0.39, 0.29) is 24.0 Å². The zero-order valence-electron chi connectivity index (χ0n) is 11.6. The lowest BCUT2D eigenvalue weighted by molar-refractivity contribution is 0.0959. The van der Waals surface area contributed by atoms with E-state index in [4.69, 9.17) is 33.7 Å². The van der Waals surface area contributed by atoms with Crippen LogP contribution in [0.15, 0.2) is 12.1 Å². The van der Waals surface area contributed by atoms with Crippen molar-refractivity contribution in [2.24, 2.45) is 0 Å². The molecule has 1 unspecified atom stereocenters. The van der Waals surface area contributed by atoms with Crippen LogP contribution in [0.25, 0.3) is 0 Å². The average molecular weight is 328 g/mol. The second-order valence-corrected chi connectivity index (χ2v) is 6.07. The van der Waals surface area contributed by atoms with Crippen molar-refractivity contribution >= 4 is 41.3 Å². The Hall–Kier alpha value is -0.190. The van der Waals surface area contributed by atoms with Gasteiger partial charge in [-0.05, 0) is 38.5 Å². The first kappa shape index (κ1) is 18.8. The highest BCUT2D eigenvalue weighted by Gasteiger charge is 2.17. The molecule has 1 aromatic carbocycles. The molecule has 19 heavy (non-hydrogen) atoms. The molecule has 1 aromatic rings. The van der Waals surface area contributed by atoms with Gasteiger partial charge in [-0.3, -0.25) is 0 Å². The van der Waals surface area contributed by atoms with E-state index in [1.807, 2.05) is 0 Å². The lowest BCUT2D eigenvalue weighted by Gasteiger charge is -2.25. The van der Waals surface area contributed by atoms with Crippen molar-refractivity contribution < 1.29 is 4.74 Å². The summed E-state index contributed by atoms with van der Waals surface area (Å²) in [5.41, 5.74) is 7.06. The molecular formula is C13H21Cl3N2O. The highest BCUT2D eigenvalue weighted by Crippen LogP contribution is 2.32. The summed E-state index contributed by atoms with van der Waals surface area (Å²) in [5, 5.41) is 4.29. The van der Waals surface area contributed by atoms with Gasteiger partial charge >= 0.3 is 0 Å². The van der Waals surface area contributed by atoms with Crippen LogP contribution < -0.4 is 11.1 Å². The van der Waals surface area contributed by atoms with Crippen molar-refractivity contribution in [2.75, 3.05) is 19.4 Å². The van der Waals surface area contributed by atoms with Crippen molar-refractivity contribution in [1.82, 2.24) is 5.32 Å². The predicted molar refractivity (Wildman–Crippen MR) is 85.6 cm³/mol. The molecule has 3 N–H and O–H groups in total. The first-order valence-electron chi connectivity index (χ1n) is 5.77. The summed E-state index contributed by atoms with van der Waals surface area (Å²) in [6, 6.07) is 3.59. The highest BCUT2D eigenvalue weighted by molar-refractivity contribution is 6.38. The second-order valence-electron chi connectivity index (χ2n) is 5.25. The molecule has 0 radical (unpaired) electrons. The Kier molecular flexibility index (Phi) is 7.48. The van der Waals surface area contributed by atoms with Crippen LogP contribution in [0.3, 0.4) is 0 Å². The summed E-state index contributed by atoms with van der Waals surface area (Å²) >= 11 is 12.0. The Morgan fingerprint density at radius 2 is 1.74 bits per heavy atom. The topological polar surface area (TPSA) is 47.3 Å². The van der Waals surface area contributed by atoms with Crippen molar-refractivity contribution in [3.63, 3.8) is 0 Å². The normalized spacial score (nSPS) is 12.9. The Bertz CT molecular complexity index is 396. The van der Waals surface area contributed by atoms with E-state index in [9.17, 15) is 0 Å². The third-order valence-corrected chi connectivity index (χ3v) is 3.20. The Labute approximate surface area is 131 Å². The summed E-state index contributed by atoms with van der Waals surface area (Å²) in [6.45, 7) is 6.98. The van der Waals surface area contributed by atoms with Gasteiger partial charge in [-0.15, -0.1) is 12.4 Å². The van der Waals surface area contributed by atoms with Crippen LogP contribution in [0.5, 0.6) is 0 Å². The molecule has 6 heteroatoms. The number of ether oxygens (including phenoxy) is 1. The van der Waals surface area contributed by atoms with Crippen LogP contribution in [-0.2, 0) is 4.74 Å². The number of benzene rings is 1. The molecule has 0 amide bonds. The van der Waals surface area contributed by atoms with E-state index >= 15 is 0 Å². The molecule has 0 fully saturated rings. The highest BCUT2D eigenvalue weighted by atomic mass is 35.5. The van der Waals surface area contributed by atoms with Gasteiger partial charge in [0.2, 0.25) is 0 Å². The van der Waals surface area contributed by atoms with Crippen LogP contribution in [-0.4, -0.2) is 19.2 Å². The van der Waals surface area contributed by atoms with Gasteiger partial charge in [-0.25, -0.2) is 0 Å². The van der Waals surface area contributed by atoms with Crippen LogP contribution in [0.4, 0.5) is 5.69 Å². The minimum Gasteiger partial charge on any atom is -0.396 e. The van der Waals surface area contributed by atoms with Crippen molar-refractivity contribution in [3.8, 4) is 0 Å². The minimum absolute atomic E-state index is 0. The third-order valence-electron chi connectivity index (χ3n) is 2.58. The van der Waals surface area contributed by atoms with Gasteiger partial charge in [0.15, 0.2) is 0 Å². The fraction of sp³-hybridized carbons (Fsp3) is 0.538. The Morgan fingerprint density at radius 1 is 1.26 bits per heavy atom. The SMILES string of the molecule is COC(CNC(C)(C)C)c1cc(Cl)c(N)c(Cl)c1.Cl. The summed E-state index contributed by atoms with van der Waals surface area (Å²) in [5.74, 6) is 0. The van der Waals surface area contributed by atoms with E-state index in [2.05, 4.69) is 26.1 Å². The van der Waals surface area contributed by atoms with E-state index in [0.717, 1.165) is 5.56 Å². The number of methoxy groups -OCH3 is 1. The summed E-state index contributed by atoms with van der Waals surface area (Å²) in [6.07, 6.45) is -0.111. The maximum atomic E-state index is 6.02. The van der Waals surface area contributed by atoms with Gasteiger partial charge < -0.3 is 15.8 Å². The molecule has 1 atom stereocenters. The molecule has 0 aliphatic rings. The molecule has 0 bridgehead atoms. The maximum Gasteiger partial charge on any atom is 0.0946 e. The van der Waals surface area contributed by atoms with Gasteiger partial charge in [-0.2, -0.15) is 0 Å². The minimum atomic E-state index is -0.111. The number of hydrogen-bond donors (Lipinski definition) is 2. The standard InChI is InChI=1S/C13H20Cl2N2O.ClH/c1-13(2,3)17-7-11(18-4)8-5-9(14)12(16)10(15)6-8;/h5-6,11,17H,7,16H2,1-4H3;1H. The second kappa shape index (κ2) is 7.55. The van der Waals surface area contributed by atoms with Crippen LogP contribution >= 0.6 is 35.6 Å². The zero-order chi connectivity index (χ0) is 13.9. The fourth-order valence-electron chi connectivity index (χ4n) is 1.53. The number of nitrogen functional groups attached to an aromatic ring is 1. The molecule has 1 rings (SSSR count). The fourth-order valence-corrected chi connectivity index (χ4v) is 2.03. The van der Waals surface area contributed by atoms with E-state index in [1.54, 1.807) is 19.2 Å². The third kappa shape index (κ3) is 5.76. The number of anilines is 1. The molecule has 3 nitrogen and oxygen atoms in total. The zero-order valence-corrected chi connectivity index (χ0v) is 13.9. The van der Waals surface area contributed by atoms with E-state index in [0.29, 0.717) is 22.3 Å². The smallest absolute Gasteiger partial charge is 0.0946 e. The molecule has 0 saturated carbocycles. The summed E-state index contributed by atoms with van der Waals surface area (Å²) in [4.78, 5) is 0. The van der Waals surface area contributed by atoms with Crippen molar-refractivity contribution in [3.05, 3.63) is 27.7 Å². The van der Waals surface area contributed by atoms with Crippen LogP contribution in [0, 0.1) is 0 Å². The van der Waals surface area contributed by atoms with Crippen molar-refractivity contribution in [1.29, 1.82) is 0 Å². The van der Waals surface area contributed by atoms with Gasteiger partial charge in [0.25, 0.3) is 0 Å². The number of rotatable bonds is 4. The molecule has 0 saturated heterocycles. The van der Waals surface area contributed by atoms with Gasteiger partial charge in [-0.1, -0.05) is 23.2 Å². The summed E-state index contributed by atoms with van der Waals surface area (Å²) in [7, 11) is 1.66. The predicted octanol–water partition coefficient (Wildman–Crippen LogP) is 4.07. The number of halogens is 3. The van der Waals surface area contributed by atoms with Gasteiger partial charge in [0.1, 0.15) is 0 Å². The monoisotopic (exact) mass is 326 g/mol. The van der Waals surface area contributed by atoms with Gasteiger partial charge in [0, 0.05) is 19.2 Å². The molecule has 0 aliphatic carbocycles. The molecule has 0 heterocycles. The molecule has 0 spiro atoms. The van der Waals surface area contributed by atoms with E-state index in [1.165, 1.54) is 0 Å². The number of nitrogens with two attached hydrogens (primary N) is 1. The lowest BCUT2D eigenvalue weighted by atomic mass is 10.1. The number of hydrogen-bond acceptors (Lipinski definition) is 3. The van der Waals surface area contributed by atoms with E-state index < -0.39 is 0 Å². The molecule has 110 valence electrons. The Morgan fingerprint density at radius 3 is 2.11 bits per heavy atom. The quantitative estimate of drug-likeness (QED) is 0.819. The largest absolute Gasteiger partial charge is 0.396 e. The Balaban J connectivity index is 0.00000324. The molecule has 0 aromatic heterocycles. The molecule has 0 aliphatic heterocycles. The molecular weight excluding hydrogens is 307 g/mol. The lowest BCUT2D eigenvalue weighted by Crippen LogP contribution is -2.38.